The third-order valence-electron chi connectivity index (χ3n) is 3.68. The normalized spacial score (nSPS) is 10.7. The molecule has 0 atom stereocenters. The molecule has 0 saturated heterocycles. The summed E-state index contributed by atoms with van der Waals surface area (Å²) in [5, 5.41) is 3.39. The number of carbonyl (C=O) groups is 1. The monoisotopic (exact) mass is 312 g/mol. The molecule has 1 aromatic heterocycles. The standard InChI is InChI=1S/C18H17FN2O2/c1-3-23-18-16(12-8-4-7-11-15(12)21(18)2)17(22)20-14-10-6-5-9-13(14)19/h4-11H,3H2,1-2H3,(H,20,22). The molecule has 1 amide bonds. The zero-order valence-corrected chi connectivity index (χ0v) is 13.0. The molecule has 0 fully saturated rings. The summed E-state index contributed by atoms with van der Waals surface area (Å²) in [6, 6.07) is 13.6. The van der Waals surface area contributed by atoms with Crippen LogP contribution >= 0.6 is 0 Å². The fraction of sp³-hybridized carbons (Fsp3) is 0.167. The predicted molar refractivity (Wildman–Crippen MR) is 88.4 cm³/mol. The average molecular weight is 312 g/mol. The van der Waals surface area contributed by atoms with Crippen LogP contribution in [0.3, 0.4) is 0 Å². The van der Waals surface area contributed by atoms with E-state index in [0.717, 1.165) is 10.9 Å². The van der Waals surface area contributed by atoms with E-state index in [0.29, 0.717) is 18.1 Å². The molecule has 4 nitrogen and oxygen atoms in total. The van der Waals surface area contributed by atoms with Crippen molar-refractivity contribution in [3.63, 3.8) is 0 Å². The van der Waals surface area contributed by atoms with Crippen molar-refractivity contribution in [2.45, 2.75) is 6.92 Å². The Morgan fingerprint density at radius 1 is 1.17 bits per heavy atom. The van der Waals surface area contributed by atoms with Crippen LogP contribution in [0.2, 0.25) is 0 Å². The topological polar surface area (TPSA) is 43.3 Å². The number of fused-ring (bicyclic) bond motifs is 1. The van der Waals surface area contributed by atoms with E-state index in [1.807, 2.05) is 42.8 Å². The van der Waals surface area contributed by atoms with Crippen molar-refractivity contribution in [1.29, 1.82) is 0 Å². The van der Waals surface area contributed by atoms with Crippen LogP contribution in [0.5, 0.6) is 5.88 Å². The largest absolute Gasteiger partial charge is 0.479 e. The molecule has 0 unspecified atom stereocenters. The van der Waals surface area contributed by atoms with Gasteiger partial charge in [-0.1, -0.05) is 30.3 Å². The summed E-state index contributed by atoms with van der Waals surface area (Å²) in [4.78, 5) is 12.7. The maximum absolute atomic E-state index is 13.8. The zero-order valence-electron chi connectivity index (χ0n) is 13.0. The average Bonchev–Trinajstić information content (AvgIpc) is 2.83. The van der Waals surface area contributed by atoms with Crippen LogP contribution in [0.15, 0.2) is 48.5 Å². The number of para-hydroxylation sites is 2. The lowest BCUT2D eigenvalue weighted by atomic mass is 10.1. The maximum Gasteiger partial charge on any atom is 0.261 e. The molecule has 0 radical (unpaired) electrons. The van der Waals surface area contributed by atoms with Gasteiger partial charge in [-0.3, -0.25) is 4.79 Å². The number of nitrogens with one attached hydrogen (secondary N) is 1. The minimum Gasteiger partial charge on any atom is -0.479 e. The van der Waals surface area contributed by atoms with Gasteiger partial charge in [0.2, 0.25) is 5.88 Å². The first-order chi connectivity index (χ1) is 11.1. The molecule has 0 saturated carbocycles. The van der Waals surface area contributed by atoms with Crippen molar-refractivity contribution >= 4 is 22.5 Å². The number of halogens is 1. The van der Waals surface area contributed by atoms with Crippen LogP contribution in [0.4, 0.5) is 10.1 Å². The molecule has 0 aliphatic heterocycles. The molecule has 3 aromatic rings. The predicted octanol–water partition coefficient (Wildman–Crippen LogP) is 3.97. The van der Waals surface area contributed by atoms with Crippen LogP contribution in [0.1, 0.15) is 17.3 Å². The highest BCUT2D eigenvalue weighted by Gasteiger charge is 2.22. The molecule has 2 aromatic carbocycles. The Morgan fingerprint density at radius 2 is 1.87 bits per heavy atom. The summed E-state index contributed by atoms with van der Waals surface area (Å²) in [5.74, 6) is -0.392. The van der Waals surface area contributed by atoms with E-state index in [9.17, 15) is 9.18 Å². The summed E-state index contributed by atoms with van der Waals surface area (Å²) in [5.41, 5.74) is 1.44. The first kappa shape index (κ1) is 15.1. The van der Waals surface area contributed by atoms with Gasteiger partial charge in [-0.2, -0.15) is 0 Å². The van der Waals surface area contributed by atoms with Gasteiger partial charge in [0.1, 0.15) is 11.4 Å². The summed E-state index contributed by atoms with van der Waals surface area (Å²) < 4.78 is 21.3. The fourth-order valence-electron chi connectivity index (χ4n) is 2.64. The molecule has 23 heavy (non-hydrogen) atoms. The van der Waals surface area contributed by atoms with Gasteiger partial charge < -0.3 is 14.6 Å². The van der Waals surface area contributed by atoms with Crippen LogP contribution in [-0.4, -0.2) is 17.1 Å². The highest BCUT2D eigenvalue weighted by molar-refractivity contribution is 6.15. The minimum absolute atomic E-state index is 0.146. The van der Waals surface area contributed by atoms with Gasteiger partial charge in [-0.25, -0.2) is 4.39 Å². The molecule has 1 N–H and O–H groups in total. The number of aromatic nitrogens is 1. The van der Waals surface area contributed by atoms with Crippen LogP contribution in [-0.2, 0) is 7.05 Å². The number of nitrogens with zero attached hydrogens (tertiary/aromatic N) is 1. The number of amides is 1. The number of ether oxygens (including phenoxy) is 1. The zero-order chi connectivity index (χ0) is 16.4. The quantitative estimate of drug-likeness (QED) is 0.792. The van der Waals surface area contributed by atoms with Crippen LogP contribution in [0, 0.1) is 5.82 Å². The van der Waals surface area contributed by atoms with Crippen molar-refractivity contribution in [3.8, 4) is 5.88 Å². The summed E-state index contributed by atoms with van der Waals surface area (Å²) in [7, 11) is 1.84. The Balaban J connectivity index is 2.09. The van der Waals surface area contributed by atoms with Gasteiger partial charge in [0.15, 0.2) is 0 Å². The van der Waals surface area contributed by atoms with Gasteiger partial charge in [-0.15, -0.1) is 0 Å². The molecule has 118 valence electrons. The number of aryl methyl sites for hydroxylation is 1. The molecule has 0 bridgehead atoms. The van der Waals surface area contributed by atoms with E-state index < -0.39 is 11.7 Å². The van der Waals surface area contributed by atoms with Crippen molar-refractivity contribution in [1.82, 2.24) is 4.57 Å². The second-order valence-corrected chi connectivity index (χ2v) is 5.12. The van der Waals surface area contributed by atoms with Crippen LogP contribution < -0.4 is 10.1 Å². The van der Waals surface area contributed by atoms with Gasteiger partial charge in [0, 0.05) is 12.4 Å². The van der Waals surface area contributed by atoms with E-state index >= 15 is 0 Å². The third kappa shape index (κ3) is 2.65. The summed E-state index contributed by atoms with van der Waals surface area (Å²) >= 11 is 0. The van der Waals surface area contributed by atoms with Crippen LogP contribution in [0.25, 0.3) is 10.9 Å². The van der Waals surface area contributed by atoms with E-state index in [-0.39, 0.29) is 5.69 Å². The van der Waals surface area contributed by atoms with Gasteiger partial charge >= 0.3 is 0 Å². The lowest BCUT2D eigenvalue weighted by Gasteiger charge is -2.09. The highest BCUT2D eigenvalue weighted by Crippen LogP contribution is 2.32. The first-order valence-corrected chi connectivity index (χ1v) is 7.39. The SMILES string of the molecule is CCOc1c(C(=O)Nc2ccccc2F)c2ccccc2n1C. The number of hydrogen-bond acceptors (Lipinski definition) is 2. The Morgan fingerprint density at radius 3 is 2.61 bits per heavy atom. The highest BCUT2D eigenvalue weighted by atomic mass is 19.1. The molecular formula is C18H17FN2O2. The molecule has 5 heteroatoms. The molecule has 3 rings (SSSR count). The summed E-state index contributed by atoms with van der Waals surface area (Å²) in [6.07, 6.45) is 0. The molecule has 1 heterocycles. The Kier molecular flexibility index (Phi) is 4.02. The number of anilines is 1. The first-order valence-electron chi connectivity index (χ1n) is 7.39. The molecular weight excluding hydrogens is 295 g/mol. The third-order valence-corrected chi connectivity index (χ3v) is 3.68. The van der Waals surface area contributed by atoms with Crippen molar-refractivity contribution in [2.75, 3.05) is 11.9 Å². The molecule has 0 aliphatic rings. The Bertz CT molecular complexity index is 871. The summed E-state index contributed by atoms with van der Waals surface area (Å²) in [6.45, 7) is 2.29. The number of carbonyl (C=O) groups excluding carboxylic acids is 1. The van der Waals surface area contributed by atoms with Crippen molar-refractivity contribution < 1.29 is 13.9 Å². The van der Waals surface area contributed by atoms with Gasteiger partial charge in [0.05, 0.1) is 17.8 Å². The molecule has 0 aliphatic carbocycles. The van der Waals surface area contributed by atoms with Gasteiger partial charge in [-0.05, 0) is 25.1 Å². The Labute approximate surface area is 133 Å². The maximum atomic E-state index is 13.8. The lowest BCUT2D eigenvalue weighted by Crippen LogP contribution is -2.14. The second kappa shape index (κ2) is 6.12. The molecule has 0 spiro atoms. The van der Waals surface area contributed by atoms with Crippen molar-refractivity contribution in [3.05, 3.63) is 59.9 Å². The lowest BCUT2D eigenvalue weighted by molar-refractivity contribution is 0.102. The fourth-order valence-corrected chi connectivity index (χ4v) is 2.64. The minimum atomic E-state index is -0.473. The number of rotatable bonds is 4. The smallest absolute Gasteiger partial charge is 0.261 e. The van der Waals surface area contributed by atoms with E-state index in [4.69, 9.17) is 4.74 Å². The number of benzene rings is 2. The number of hydrogen-bond donors (Lipinski definition) is 1. The van der Waals surface area contributed by atoms with Gasteiger partial charge in [0.25, 0.3) is 5.91 Å². The van der Waals surface area contributed by atoms with E-state index in [1.54, 1.807) is 12.1 Å². The Hall–Kier alpha value is -2.82. The van der Waals surface area contributed by atoms with E-state index in [1.165, 1.54) is 12.1 Å². The van der Waals surface area contributed by atoms with E-state index in [2.05, 4.69) is 5.32 Å². The van der Waals surface area contributed by atoms with Crippen molar-refractivity contribution in [2.24, 2.45) is 7.05 Å². The second-order valence-electron chi connectivity index (χ2n) is 5.12.